The third-order valence-electron chi connectivity index (χ3n) is 2.48. The molecular weight excluding hydrogens is 266 g/mol. The number of anilines is 3. The summed E-state index contributed by atoms with van der Waals surface area (Å²) < 4.78 is 5.40. The Morgan fingerprint density at radius 3 is 2.48 bits per heavy atom. The summed E-state index contributed by atoms with van der Waals surface area (Å²) in [7, 11) is 0. The Hall–Kier alpha value is -2.37. The molecule has 6 heteroatoms. The second-order valence-corrected chi connectivity index (χ2v) is 5.62. The summed E-state index contributed by atoms with van der Waals surface area (Å²) >= 11 is 0. The van der Waals surface area contributed by atoms with Gasteiger partial charge in [-0.15, -0.1) is 5.10 Å². The van der Waals surface area contributed by atoms with E-state index in [1.54, 1.807) is 6.20 Å². The molecular formula is C15H21N5O. The van der Waals surface area contributed by atoms with Crippen LogP contribution in [-0.2, 0) is 0 Å². The lowest BCUT2D eigenvalue weighted by atomic mass is 10.1. The number of benzene rings is 1. The first-order valence-electron chi connectivity index (χ1n) is 6.94. The van der Waals surface area contributed by atoms with Crippen LogP contribution in [-0.4, -0.2) is 27.3 Å². The third kappa shape index (κ3) is 4.91. The van der Waals surface area contributed by atoms with E-state index in [-0.39, 0.29) is 5.54 Å². The van der Waals surface area contributed by atoms with E-state index in [0.29, 0.717) is 18.4 Å². The molecule has 1 heterocycles. The molecule has 112 valence electrons. The van der Waals surface area contributed by atoms with Crippen molar-refractivity contribution in [2.75, 3.05) is 17.2 Å². The molecule has 0 aliphatic carbocycles. The van der Waals surface area contributed by atoms with Crippen LogP contribution in [0.1, 0.15) is 27.7 Å². The molecule has 0 saturated heterocycles. The summed E-state index contributed by atoms with van der Waals surface area (Å²) in [5, 5.41) is 14.3. The van der Waals surface area contributed by atoms with Gasteiger partial charge in [-0.1, -0.05) is 0 Å². The van der Waals surface area contributed by atoms with Gasteiger partial charge in [0.2, 0.25) is 5.95 Å². The van der Waals surface area contributed by atoms with Crippen LogP contribution in [0.15, 0.2) is 30.5 Å². The number of hydrogen-bond donors (Lipinski definition) is 2. The normalized spacial score (nSPS) is 11.0. The minimum Gasteiger partial charge on any atom is -0.494 e. The van der Waals surface area contributed by atoms with E-state index in [1.807, 2.05) is 31.2 Å². The summed E-state index contributed by atoms with van der Waals surface area (Å²) in [4.78, 5) is 4.39. The highest BCUT2D eigenvalue weighted by Crippen LogP contribution is 2.19. The van der Waals surface area contributed by atoms with E-state index in [1.165, 1.54) is 0 Å². The average molecular weight is 287 g/mol. The summed E-state index contributed by atoms with van der Waals surface area (Å²) in [6.45, 7) is 8.80. The summed E-state index contributed by atoms with van der Waals surface area (Å²) in [6, 6.07) is 7.63. The summed E-state index contributed by atoms with van der Waals surface area (Å²) in [6.07, 6.45) is 1.61. The first-order valence-corrected chi connectivity index (χ1v) is 6.94. The smallest absolute Gasteiger partial charge is 0.249 e. The molecule has 0 radical (unpaired) electrons. The van der Waals surface area contributed by atoms with Crippen molar-refractivity contribution < 1.29 is 4.74 Å². The van der Waals surface area contributed by atoms with Gasteiger partial charge in [-0.25, -0.2) is 0 Å². The van der Waals surface area contributed by atoms with Gasteiger partial charge in [0.1, 0.15) is 5.75 Å². The molecule has 0 bridgehead atoms. The zero-order valence-electron chi connectivity index (χ0n) is 12.8. The van der Waals surface area contributed by atoms with Gasteiger partial charge in [-0.2, -0.15) is 10.1 Å². The molecule has 0 amide bonds. The number of hydrogen-bond acceptors (Lipinski definition) is 6. The minimum absolute atomic E-state index is 0.0769. The number of rotatable bonds is 5. The number of ether oxygens (including phenoxy) is 1. The maximum Gasteiger partial charge on any atom is 0.249 e. The second-order valence-electron chi connectivity index (χ2n) is 5.62. The van der Waals surface area contributed by atoms with Crippen LogP contribution in [0.5, 0.6) is 5.75 Å². The first kappa shape index (κ1) is 15.0. The van der Waals surface area contributed by atoms with Gasteiger partial charge < -0.3 is 15.4 Å². The Labute approximate surface area is 125 Å². The topological polar surface area (TPSA) is 72.0 Å². The lowest BCUT2D eigenvalue weighted by molar-refractivity contribution is 0.340. The molecule has 0 fully saturated rings. The molecule has 0 aliphatic rings. The van der Waals surface area contributed by atoms with Crippen molar-refractivity contribution >= 4 is 17.5 Å². The SMILES string of the molecule is CCOc1ccc(Nc2nncc(NC(C)(C)C)n2)cc1. The van der Waals surface area contributed by atoms with Crippen molar-refractivity contribution in [2.24, 2.45) is 0 Å². The summed E-state index contributed by atoms with van der Waals surface area (Å²) in [5.74, 6) is 1.98. The molecule has 1 aromatic heterocycles. The second kappa shape index (κ2) is 6.39. The van der Waals surface area contributed by atoms with Gasteiger partial charge in [0.25, 0.3) is 0 Å². The van der Waals surface area contributed by atoms with Crippen molar-refractivity contribution in [3.63, 3.8) is 0 Å². The Balaban J connectivity index is 2.07. The molecule has 0 unspecified atom stereocenters. The highest BCUT2D eigenvalue weighted by molar-refractivity contribution is 5.55. The van der Waals surface area contributed by atoms with Crippen molar-refractivity contribution in [1.82, 2.24) is 15.2 Å². The van der Waals surface area contributed by atoms with Crippen molar-refractivity contribution in [1.29, 1.82) is 0 Å². The van der Waals surface area contributed by atoms with E-state index in [2.05, 4.69) is 46.6 Å². The van der Waals surface area contributed by atoms with E-state index >= 15 is 0 Å². The van der Waals surface area contributed by atoms with Gasteiger partial charge in [-0.05, 0) is 52.0 Å². The Bertz CT molecular complexity index is 577. The standard InChI is InChI=1S/C15H21N5O/c1-5-21-12-8-6-11(7-9-12)17-14-18-13(10-16-20-14)19-15(2,3)4/h6-10H,5H2,1-4H3,(H2,17,18,19,20). The maximum atomic E-state index is 5.40. The molecule has 2 rings (SSSR count). The van der Waals surface area contributed by atoms with E-state index < -0.39 is 0 Å². The molecule has 1 aromatic carbocycles. The van der Waals surface area contributed by atoms with Gasteiger partial charge in [-0.3, -0.25) is 0 Å². The number of aromatic nitrogens is 3. The molecule has 6 nitrogen and oxygen atoms in total. The van der Waals surface area contributed by atoms with Crippen molar-refractivity contribution in [2.45, 2.75) is 33.2 Å². The third-order valence-corrected chi connectivity index (χ3v) is 2.48. The molecule has 21 heavy (non-hydrogen) atoms. The zero-order valence-corrected chi connectivity index (χ0v) is 12.8. The van der Waals surface area contributed by atoms with Crippen molar-refractivity contribution in [3.05, 3.63) is 30.5 Å². The molecule has 2 aromatic rings. The van der Waals surface area contributed by atoms with Crippen LogP contribution in [0.25, 0.3) is 0 Å². The van der Waals surface area contributed by atoms with E-state index in [9.17, 15) is 0 Å². The minimum atomic E-state index is -0.0769. The Morgan fingerprint density at radius 1 is 1.14 bits per heavy atom. The van der Waals surface area contributed by atoms with Gasteiger partial charge >= 0.3 is 0 Å². The molecule has 2 N–H and O–H groups in total. The van der Waals surface area contributed by atoms with Crippen LogP contribution in [0.3, 0.4) is 0 Å². The maximum absolute atomic E-state index is 5.40. The van der Waals surface area contributed by atoms with Gasteiger partial charge in [0, 0.05) is 11.2 Å². The largest absolute Gasteiger partial charge is 0.494 e. The van der Waals surface area contributed by atoms with Crippen LogP contribution < -0.4 is 15.4 Å². The molecule has 0 aliphatic heterocycles. The van der Waals surface area contributed by atoms with Crippen molar-refractivity contribution in [3.8, 4) is 5.75 Å². The fourth-order valence-electron chi connectivity index (χ4n) is 1.73. The van der Waals surface area contributed by atoms with Crippen LogP contribution in [0.2, 0.25) is 0 Å². The van der Waals surface area contributed by atoms with Gasteiger partial charge in [0.15, 0.2) is 5.82 Å². The van der Waals surface area contributed by atoms with Gasteiger partial charge in [0.05, 0.1) is 12.8 Å². The molecule has 0 spiro atoms. The number of nitrogens with one attached hydrogen (secondary N) is 2. The van der Waals surface area contributed by atoms with E-state index in [0.717, 1.165) is 11.4 Å². The van der Waals surface area contributed by atoms with Crippen LogP contribution in [0.4, 0.5) is 17.5 Å². The van der Waals surface area contributed by atoms with E-state index in [4.69, 9.17) is 4.74 Å². The quantitative estimate of drug-likeness (QED) is 0.879. The summed E-state index contributed by atoms with van der Waals surface area (Å²) in [5.41, 5.74) is 0.806. The van der Waals surface area contributed by atoms with Crippen LogP contribution >= 0.6 is 0 Å². The predicted octanol–water partition coefficient (Wildman–Crippen LogP) is 3.22. The lowest BCUT2D eigenvalue weighted by Crippen LogP contribution is -2.27. The average Bonchev–Trinajstić information content (AvgIpc) is 2.40. The monoisotopic (exact) mass is 287 g/mol. The Morgan fingerprint density at radius 2 is 1.86 bits per heavy atom. The lowest BCUT2D eigenvalue weighted by Gasteiger charge is -2.20. The first-order chi connectivity index (χ1) is 9.96. The highest BCUT2D eigenvalue weighted by Gasteiger charge is 2.11. The van der Waals surface area contributed by atoms with Crippen LogP contribution in [0, 0.1) is 0 Å². The fourth-order valence-corrected chi connectivity index (χ4v) is 1.73. The fraction of sp³-hybridized carbons (Fsp3) is 0.400. The molecule has 0 atom stereocenters. The Kier molecular flexibility index (Phi) is 4.57. The predicted molar refractivity (Wildman–Crippen MR) is 84.1 cm³/mol. The zero-order chi connectivity index (χ0) is 15.3. The number of nitrogens with zero attached hydrogens (tertiary/aromatic N) is 3. The highest BCUT2D eigenvalue weighted by atomic mass is 16.5. The molecule has 0 saturated carbocycles.